The zero-order chi connectivity index (χ0) is 11.0. The maximum Gasteiger partial charge on any atom is 0.533 e. The van der Waals surface area contributed by atoms with Gasteiger partial charge in [0.2, 0.25) is 0 Å². The molecular formula is C8H7F3O2S. The molecule has 0 N–H and O–H groups in total. The van der Waals surface area contributed by atoms with Crippen LogP contribution in [-0.2, 0) is 4.18 Å². The topological polar surface area (TPSA) is 26.3 Å². The molecule has 0 bridgehead atoms. The van der Waals surface area contributed by atoms with E-state index in [-0.39, 0.29) is 0 Å². The van der Waals surface area contributed by atoms with E-state index < -0.39 is 6.36 Å². The molecule has 1 aromatic rings. The first-order valence-corrected chi connectivity index (χ1v) is 3.75. The van der Waals surface area contributed by atoms with Crippen LogP contribution in [0, 0.1) is 0 Å². The fourth-order valence-electron chi connectivity index (χ4n) is 0.532. The fourth-order valence-corrected chi connectivity index (χ4v) is 0.532. The third-order valence-electron chi connectivity index (χ3n) is 1.04. The van der Waals surface area contributed by atoms with Crippen LogP contribution >= 0.6 is 12.9 Å². The molecule has 0 aromatic heterocycles. The lowest BCUT2D eigenvalue weighted by Gasteiger charge is -1.95. The molecule has 1 aromatic carbocycles. The smallest absolute Gasteiger partial charge is 0.298 e. The van der Waals surface area contributed by atoms with E-state index in [9.17, 15) is 18.0 Å². The second kappa shape index (κ2) is 6.44. The molecule has 0 radical (unpaired) electrons. The van der Waals surface area contributed by atoms with Gasteiger partial charge in [-0.05, 0) is 12.9 Å². The summed E-state index contributed by atoms with van der Waals surface area (Å²) in [5, 5.41) is 0. The Morgan fingerprint density at radius 2 is 1.64 bits per heavy atom. The van der Waals surface area contributed by atoms with Gasteiger partial charge in [-0.2, -0.15) is 0 Å². The van der Waals surface area contributed by atoms with E-state index in [4.69, 9.17) is 0 Å². The molecule has 0 unspecified atom stereocenters. The van der Waals surface area contributed by atoms with Crippen LogP contribution in [0.3, 0.4) is 0 Å². The maximum absolute atomic E-state index is 10.5. The molecule has 0 saturated carbocycles. The lowest BCUT2D eigenvalue weighted by molar-refractivity contribution is -0.265. The van der Waals surface area contributed by atoms with Crippen LogP contribution in [0.25, 0.3) is 0 Å². The zero-order valence-electron chi connectivity index (χ0n) is 6.86. The normalized spacial score (nSPS) is 10.0. The minimum Gasteiger partial charge on any atom is -0.298 e. The molecule has 0 aliphatic carbocycles. The highest BCUT2D eigenvalue weighted by Crippen LogP contribution is 2.16. The third-order valence-corrected chi connectivity index (χ3v) is 1.25. The Labute approximate surface area is 84.3 Å². The molecule has 0 saturated heterocycles. The van der Waals surface area contributed by atoms with Crippen molar-refractivity contribution in [3.63, 3.8) is 0 Å². The Kier molecular flexibility index (Phi) is 5.98. The number of halogens is 3. The molecule has 0 fully saturated rings. The van der Waals surface area contributed by atoms with E-state index in [1.807, 2.05) is 18.2 Å². The third kappa shape index (κ3) is 7.63. The summed E-state index contributed by atoms with van der Waals surface area (Å²) in [6.45, 7) is 0. The Morgan fingerprint density at radius 3 is 1.86 bits per heavy atom. The van der Waals surface area contributed by atoms with E-state index in [2.05, 4.69) is 17.1 Å². The average molecular weight is 224 g/mol. The Balaban J connectivity index is 0.000000255. The van der Waals surface area contributed by atoms with Gasteiger partial charge in [-0.15, -0.1) is 13.2 Å². The standard InChI is InChI=1S/C7H6O.CHF3OS/c8-6-7-4-2-1-3-5-7;2-1(3,4)5-6/h1-6H;6H. The van der Waals surface area contributed by atoms with Gasteiger partial charge in [-0.25, -0.2) is 4.18 Å². The van der Waals surface area contributed by atoms with Crippen LogP contribution < -0.4 is 0 Å². The second-order valence-electron chi connectivity index (χ2n) is 2.07. The molecule has 0 atom stereocenters. The molecule has 78 valence electrons. The molecule has 0 heterocycles. The van der Waals surface area contributed by atoms with Crippen molar-refractivity contribution < 1.29 is 22.1 Å². The lowest BCUT2D eigenvalue weighted by atomic mass is 10.2. The number of hydrogen-bond donors (Lipinski definition) is 1. The van der Waals surface area contributed by atoms with Crippen molar-refractivity contribution in [2.24, 2.45) is 0 Å². The number of thiol groups is 1. The van der Waals surface area contributed by atoms with Gasteiger partial charge in [-0.1, -0.05) is 30.3 Å². The van der Waals surface area contributed by atoms with Gasteiger partial charge in [0.1, 0.15) is 6.29 Å². The molecule has 0 aliphatic heterocycles. The molecule has 2 nitrogen and oxygen atoms in total. The van der Waals surface area contributed by atoms with Crippen molar-refractivity contribution in [2.75, 3.05) is 0 Å². The van der Waals surface area contributed by atoms with Crippen molar-refractivity contribution in [2.45, 2.75) is 6.36 Å². The minimum atomic E-state index is -4.59. The molecule has 14 heavy (non-hydrogen) atoms. The quantitative estimate of drug-likeness (QED) is 0.451. The first kappa shape index (κ1) is 13.0. The Hall–Kier alpha value is -1.01. The number of hydrogen-bond acceptors (Lipinski definition) is 3. The number of rotatable bonds is 1. The molecule has 6 heteroatoms. The predicted octanol–water partition coefficient (Wildman–Crippen LogP) is 2.87. The first-order chi connectivity index (χ1) is 6.49. The predicted molar refractivity (Wildman–Crippen MR) is 48.0 cm³/mol. The van der Waals surface area contributed by atoms with Crippen molar-refractivity contribution in [3.05, 3.63) is 35.9 Å². The highest BCUT2D eigenvalue weighted by atomic mass is 32.1. The maximum atomic E-state index is 10.5. The summed E-state index contributed by atoms with van der Waals surface area (Å²) in [6, 6.07) is 9.10. The summed E-state index contributed by atoms with van der Waals surface area (Å²) in [4.78, 5) is 10.0. The molecular weight excluding hydrogens is 217 g/mol. The molecule has 0 amide bonds. The molecule has 0 spiro atoms. The van der Waals surface area contributed by atoms with Gasteiger partial charge in [0.15, 0.2) is 0 Å². The van der Waals surface area contributed by atoms with Crippen LogP contribution in [0.5, 0.6) is 0 Å². The van der Waals surface area contributed by atoms with E-state index in [0.29, 0.717) is 0 Å². The van der Waals surface area contributed by atoms with Crippen molar-refractivity contribution >= 4 is 19.2 Å². The zero-order valence-corrected chi connectivity index (χ0v) is 7.76. The van der Waals surface area contributed by atoms with Crippen molar-refractivity contribution in [3.8, 4) is 0 Å². The van der Waals surface area contributed by atoms with Crippen molar-refractivity contribution in [1.82, 2.24) is 0 Å². The van der Waals surface area contributed by atoms with Crippen LogP contribution in [0.15, 0.2) is 30.3 Å². The number of aldehydes is 1. The number of benzene rings is 1. The van der Waals surface area contributed by atoms with Crippen molar-refractivity contribution in [1.29, 1.82) is 0 Å². The summed E-state index contributed by atoms with van der Waals surface area (Å²) in [6.07, 6.45) is -3.76. The summed E-state index contributed by atoms with van der Waals surface area (Å²) in [5.74, 6) is 0. The van der Waals surface area contributed by atoms with Gasteiger partial charge in [-0.3, -0.25) is 4.79 Å². The van der Waals surface area contributed by atoms with Gasteiger partial charge in [0.05, 0.1) is 0 Å². The number of carbonyl (C=O) groups excluding carboxylic acids is 1. The van der Waals surface area contributed by atoms with Crippen LogP contribution in [0.1, 0.15) is 10.4 Å². The average Bonchev–Trinajstić information content (AvgIpc) is 2.19. The van der Waals surface area contributed by atoms with Gasteiger partial charge >= 0.3 is 6.36 Å². The summed E-state index contributed by atoms with van der Waals surface area (Å²) >= 11 is 2.48. The van der Waals surface area contributed by atoms with E-state index in [0.717, 1.165) is 11.8 Å². The summed E-state index contributed by atoms with van der Waals surface area (Å²) < 4.78 is 34.1. The number of alkyl halides is 3. The second-order valence-corrected chi connectivity index (χ2v) is 2.25. The summed E-state index contributed by atoms with van der Waals surface area (Å²) in [5.41, 5.74) is 0.729. The number of carbonyl (C=O) groups is 1. The van der Waals surface area contributed by atoms with Crippen LogP contribution in [0.4, 0.5) is 13.2 Å². The lowest BCUT2D eigenvalue weighted by Crippen LogP contribution is -2.04. The fraction of sp³-hybridized carbons (Fsp3) is 0.125. The Morgan fingerprint density at radius 1 is 1.21 bits per heavy atom. The highest BCUT2D eigenvalue weighted by molar-refractivity contribution is 7.75. The van der Waals surface area contributed by atoms with E-state index in [1.54, 1.807) is 12.1 Å². The summed E-state index contributed by atoms with van der Waals surface area (Å²) in [7, 11) is 0. The van der Waals surface area contributed by atoms with Crippen LogP contribution in [-0.4, -0.2) is 12.6 Å². The van der Waals surface area contributed by atoms with Gasteiger partial charge in [0, 0.05) is 5.56 Å². The molecule has 1 rings (SSSR count). The first-order valence-electron chi connectivity index (χ1n) is 3.39. The molecule has 0 aliphatic rings. The minimum absolute atomic E-state index is 0.729. The van der Waals surface area contributed by atoms with Gasteiger partial charge < -0.3 is 0 Å². The monoisotopic (exact) mass is 224 g/mol. The SMILES string of the molecule is FC(F)(F)OS.O=Cc1ccccc1. The van der Waals surface area contributed by atoms with Crippen LogP contribution in [0.2, 0.25) is 0 Å². The van der Waals surface area contributed by atoms with E-state index in [1.165, 1.54) is 0 Å². The highest BCUT2D eigenvalue weighted by Gasteiger charge is 2.27. The van der Waals surface area contributed by atoms with Gasteiger partial charge in [0.25, 0.3) is 0 Å². The Bertz CT molecular complexity index is 261. The van der Waals surface area contributed by atoms with E-state index >= 15 is 0 Å². The largest absolute Gasteiger partial charge is 0.533 e.